The Kier molecular flexibility index (Phi) is 5.67. The van der Waals surface area contributed by atoms with Gasteiger partial charge in [-0.1, -0.05) is 5.11 Å². The van der Waals surface area contributed by atoms with Crippen molar-refractivity contribution < 1.29 is 9.53 Å². The van der Waals surface area contributed by atoms with Gasteiger partial charge in [-0.25, -0.2) is 0 Å². The number of carbonyl (C=O) groups excluding carboxylic acids is 1. The van der Waals surface area contributed by atoms with Crippen LogP contribution < -0.4 is 0 Å². The fraction of sp³-hybridized carbons (Fsp3) is 0.900. The number of azide groups is 1. The maximum atomic E-state index is 11.5. The minimum Gasteiger partial charge on any atom is -0.385 e. The maximum absolute atomic E-state index is 11.5. The molecule has 0 spiro atoms. The third kappa shape index (κ3) is 4.08. The van der Waals surface area contributed by atoms with E-state index >= 15 is 0 Å². The first-order valence-electron chi connectivity index (χ1n) is 5.55. The van der Waals surface area contributed by atoms with Crippen LogP contribution in [-0.2, 0) is 9.53 Å². The zero-order chi connectivity index (χ0) is 11.8. The van der Waals surface area contributed by atoms with Crippen molar-refractivity contribution in [1.29, 1.82) is 0 Å². The van der Waals surface area contributed by atoms with Gasteiger partial charge in [-0.05, 0) is 30.7 Å². The number of carbonyl (C=O) groups is 1. The van der Waals surface area contributed by atoms with Crippen LogP contribution in [0.4, 0.5) is 0 Å². The number of piperidine rings is 1. The molecule has 6 nitrogen and oxygen atoms in total. The van der Waals surface area contributed by atoms with E-state index in [1.54, 1.807) is 12.0 Å². The van der Waals surface area contributed by atoms with Gasteiger partial charge in [-0.3, -0.25) is 4.79 Å². The Morgan fingerprint density at radius 1 is 1.56 bits per heavy atom. The third-order valence-electron chi connectivity index (χ3n) is 2.97. The number of hydrogen-bond donors (Lipinski definition) is 0. The van der Waals surface area contributed by atoms with E-state index in [2.05, 4.69) is 10.0 Å². The molecule has 1 heterocycles. The lowest BCUT2D eigenvalue weighted by Crippen LogP contribution is -2.39. The molecule has 1 amide bonds. The summed E-state index contributed by atoms with van der Waals surface area (Å²) >= 11 is 0. The van der Waals surface area contributed by atoms with Crippen LogP contribution in [0.3, 0.4) is 0 Å². The van der Waals surface area contributed by atoms with Crippen molar-refractivity contribution in [2.45, 2.75) is 19.3 Å². The largest absolute Gasteiger partial charge is 0.385 e. The molecule has 0 atom stereocenters. The summed E-state index contributed by atoms with van der Waals surface area (Å²) in [5.41, 5.74) is 8.13. The second-order valence-corrected chi connectivity index (χ2v) is 3.99. The van der Waals surface area contributed by atoms with Gasteiger partial charge < -0.3 is 9.64 Å². The van der Waals surface area contributed by atoms with Gasteiger partial charge in [0, 0.05) is 31.7 Å². The standard InChI is InChI=1S/C10H18N4O2/c1-16-7-4-9-2-5-14(6-3-9)10(15)8-12-13-11/h9H,2-8H2,1H3. The number of nitrogens with zero attached hydrogens (tertiary/aromatic N) is 4. The maximum Gasteiger partial charge on any atom is 0.228 e. The number of likely N-dealkylation sites (tertiary alicyclic amines) is 1. The van der Waals surface area contributed by atoms with Crippen LogP contribution in [0, 0.1) is 5.92 Å². The highest BCUT2D eigenvalue weighted by Gasteiger charge is 2.21. The van der Waals surface area contributed by atoms with Crippen LogP contribution in [0.15, 0.2) is 5.11 Å². The van der Waals surface area contributed by atoms with E-state index in [-0.39, 0.29) is 12.5 Å². The lowest BCUT2D eigenvalue weighted by atomic mass is 9.94. The molecule has 0 aromatic carbocycles. The lowest BCUT2D eigenvalue weighted by molar-refractivity contribution is -0.131. The number of methoxy groups -OCH3 is 1. The SMILES string of the molecule is COCCC1CCN(C(=O)CN=[N+]=[N-])CC1. The van der Waals surface area contributed by atoms with Crippen molar-refractivity contribution in [1.82, 2.24) is 4.90 Å². The second kappa shape index (κ2) is 7.09. The molecule has 0 saturated carbocycles. The molecule has 0 aromatic heterocycles. The van der Waals surface area contributed by atoms with Gasteiger partial charge >= 0.3 is 0 Å². The molecule has 90 valence electrons. The molecule has 0 bridgehead atoms. The van der Waals surface area contributed by atoms with Crippen LogP contribution in [0.25, 0.3) is 10.4 Å². The van der Waals surface area contributed by atoms with Crippen LogP contribution in [0.2, 0.25) is 0 Å². The Bertz CT molecular complexity index is 268. The molecule has 0 aliphatic carbocycles. The summed E-state index contributed by atoms with van der Waals surface area (Å²) in [4.78, 5) is 15.9. The summed E-state index contributed by atoms with van der Waals surface area (Å²) in [5.74, 6) is 0.589. The highest BCUT2D eigenvalue weighted by atomic mass is 16.5. The molecular formula is C10H18N4O2. The molecule has 1 saturated heterocycles. The number of rotatable bonds is 5. The molecule has 0 N–H and O–H groups in total. The molecule has 16 heavy (non-hydrogen) atoms. The lowest BCUT2D eigenvalue weighted by Gasteiger charge is -2.31. The fourth-order valence-corrected chi connectivity index (χ4v) is 1.95. The molecule has 6 heteroatoms. The molecule has 1 rings (SSSR count). The van der Waals surface area contributed by atoms with E-state index in [9.17, 15) is 4.79 Å². The van der Waals surface area contributed by atoms with Gasteiger partial charge in [0.15, 0.2) is 0 Å². The van der Waals surface area contributed by atoms with Gasteiger partial charge in [-0.15, -0.1) is 0 Å². The number of hydrogen-bond acceptors (Lipinski definition) is 3. The Hall–Kier alpha value is -1.26. The summed E-state index contributed by atoms with van der Waals surface area (Å²) in [6.45, 7) is 2.28. The highest BCUT2D eigenvalue weighted by Crippen LogP contribution is 2.20. The molecule has 1 aliphatic rings. The molecule has 1 aliphatic heterocycles. The topological polar surface area (TPSA) is 78.3 Å². The van der Waals surface area contributed by atoms with Crippen molar-refractivity contribution in [2.24, 2.45) is 11.0 Å². The number of amides is 1. The summed E-state index contributed by atoms with van der Waals surface area (Å²) in [6, 6.07) is 0. The van der Waals surface area contributed by atoms with Gasteiger partial charge in [0.05, 0.1) is 0 Å². The summed E-state index contributed by atoms with van der Waals surface area (Å²) < 4.78 is 5.04. The summed E-state index contributed by atoms with van der Waals surface area (Å²) in [5, 5.41) is 3.28. The van der Waals surface area contributed by atoms with E-state index in [1.165, 1.54) is 0 Å². The van der Waals surface area contributed by atoms with E-state index in [4.69, 9.17) is 10.3 Å². The van der Waals surface area contributed by atoms with Gasteiger partial charge in [0.25, 0.3) is 0 Å². The molecule has 1 fully saturated rings. The monoisotopic (exact) mass is 226 g/mol. The summed E-state index contributed by atoms with van der Waals surface area (Å²) in [6.07, 6.45) is 3.10. The van der Waals surface area contributed by atoms with Crippen LogP contribution in [0.5, 0.6) is 0 Å². The second-order valence-electron chi connectivity index (χ2n) is 3.99. The predicted octanol–water partition coefficient (Wildman–Crippen LogP) is 1.57. The Morgan fingerprint density at radius 3 is 2.81 bits per heavy atom. The van der Waals surface area contributed by atoms with Gasteiger partial charge in [0.1, 0.15) is 6.54 Å². The zero-order valence-electron chi connectivity index (χ0n) is 9.63. The molecule has 0 unspecified atom stereocenters. The van der Waals surface area contributed by atoms with Crippen LogP contribution in [-0.4, -0.2) is 44.2 Å². The van der Waals surface area contributed by atoms with Crippen LogP contribution in [0.1, 0.15) is 19.3 Å². The van der Waals surface area contributed by atoms with Crippen molar-refractivity contribution in [3.63, 3.8) is 0 Å². The summed E-state index contributed by atoms with van der Waals surface area (Å²) in [7, 11) is 1.71. The van der Waals surface area contributed by atoms with Crippen molar-refractivity contribution in [2.75, 3.05) is 33.4 Å². The van der Waals surface area contributed by atoms with E-state index < -0.39 is 0 Å². The first-order valence-corrected chi connectivity index (χ1v) is 5.55. The number of ether oxygens (including phenoxy) is 1. The smallest absolute Gasteiger partial charge is 0.228 e. The van der Waals surface area contributed by atoms with Crippen molar-refractivity contribution in [3.05, 3.63) is 10.4 Å². The van der Waals surface area contributed by atoms with E-state index in [1.807, 2.05) is 0 Å². The third-order valence-corrected chi connectivity index (χ3v) is 2.97. The molecule has 0 radical (unpaired) electrons. The van der Waals surface area contributed by atoms with E-state index in [0.29, 0.717) is 5.92 Å². The first kappa shape index (κ1) is 12.8. The normalized spacial score (nSPS) is 16.9. The Balaban J connectivity index is 2.25. The van der Waals surface area contributed by atoms with E-state index in [0.717, 1.165) is 39.0 Å². The van der Waals surface area contributed by atoms with Crippen molar-refractivity contribution in [3.8, 4) is 0 Å². The van der Waals surface area contributed by atoms with Crippen LogP contribution >= 0.6 is 0 Å². The average molecular weight is 226 g/mol. The van der Waals surface area contributed by atoms with Crippen molar-refractivity contribution >= 4 is 5.91 Å². The highest BCUT2D eigenvalue weighted by molar-refractivity contribution is 5.78. The fourth-order valence-electron chi connectivity index (χ4n) is 1.95. The quantitative estimate of drug-likeness (QED) is 0.405. The predicted molar refractivity (Wildman–Crippen MR) is 59.8 cm³/mol. The zero-order valence-corrected chi connectivity index (χ0v) is 9.63. The van der Waals surface area contributed by atoms with Gasteiger partial charge in [0.2, 0.25) is 5.91 Å². The van der Waals surface area contributed by atoms with Gasteiger partial charge in [-0.2, -0.15) is 0 Å². The molecule has 0 aromatic rings. The minimum absolute atomic E-state index is 0.0563. The minimum atomic E-state index is -0.0667. The molecular weight excluding hydrogens is 208 g/mol. The first-order chi connectivity index (χ1) is 7.77. The average Bonchev–Trinajstić information content (AvgIpc) is 2.34. The Labute approximate surface area is 95.2 Å². The Morgan fingerprint density at radius 2 is 2.25 bits per heavy atom.